The fraction of sp³-hybridized carbons (Fsp3) is 0.471. The van der Waals surface area contributed by atoms with Crippen molar-refractivity contribution in [1.82, 2.24) is 5.32 Å². The summed E-state index contributed by atoms with van der Waals surface area (Å²) >= 11 is 0. The number of carbonyl (C=O) groups is 3. The maximum Gasteiger partial charge on any atom is 0.347 e. The predicted molar refractivity (Wildman–Crippen MR) is 88.5 cm³/mol. The van der Waals surface area contributed by atoms with Gasteiger partial charge in [0, 0.05) is 0 Å². The van der Waals surface area contributed by atoms with E-state index in [0.717, 1.165) is 5.56 Å². The van der Waals surface area contributed by atoms with Crippen molar-refractivity contribution in [2.24, 2.45) is 5.73 Å². The molecule has 0 bridgehead atoms. The van der Waals surface area contributed by atoms with Crippen molar-refractivity contribution in [3.8, 4) is 5.75 Å². The van der Waals surface area contributed by atoms with Crippen LogP contribution in [-0.4, -0.2) is 30.1 Å². The average molecular weight is 336 g/mol. The van der Waals surface area contributed by atoms with Gasteiger partial charge in [-0.1, -0.05) is 32.9 Å². The molecular weight excluding hydrogens is 312 g/mol. The highest BCUT2D eigenvalue weighted by Gasteiger charge is 2.24. The lowest BCUT2D eigenvalue weighted by molar-refractivity contribution is -0.160. The molecule has 0 saturated carbocycles. The molecule has 1 rings (SSSR count). The molecule has 132 valence electrons. The first-order valence-electron chi connectivity index (χ1n) is 7.58. The number of benzene rings is 1. The minimum absolute atomic E-state index is 0.0201. The molecule has 0 saturated heterocycles. The maximum absolute atomic E-state index is 11.9. The summed E-state index contributed by atoms with van der Waals surface area (Å²) in [6, 6.07) is 6.39. The third-order valence-corrected chi connectivity index (χ3v) is 3.27. The van der Waals surface area contributed by atoms with Crippen molar-refractivity contribution >= 4 is 17.9 Å². The Balaban J connectivity index is 2.61. The van der Waals surface area contributed by atoms with Gasteiger partial charge in [0.15, 0.2) is 12.2 Å². The molecular formula is C17H24N2O5. The number of urea groups is 1. The number of carbonyl (C=O) groups excluding carboxylic acids is 3. The van der Waals surface area contributed by atoms with Crippen LogP contribution in [0.25, 0.3) is 0 Å². The number of imide groups is 1. The van der Waals surface area contributed by atoms with Crippen molar-refractivity contribution in [2.75, 3.05) is 0 Å². The van der Waals surface area contributed by atoms with E-state index in [9.17, 15) is 14.4 Å². The third kappa shape index (κ3) is 5.91. The van der Waals surface area contributed by atoms with Crippen molar-refractivity contribution in [1.29, 1.82) is 0 Å². The van der Waals surface area contributed by atoms with Crippen LogP contribution in [0.4, 0.5) is 4.79 Å². The first kappa shape index (κ1) is 19.5. The predicted octanol–water partition coefficient (Wildman–Crippen LogP) is 1.88. The van der Waals surface area contributed by atoms with Gasteiger partial charge >= 0.3 is 12.0 Å². The second-order valence-electron chi connectivity index (χ2n) is 6.47. The SMILES string of the molecule is C[C@H](OC(=O)[C@H](C)Oc1ccc(C(C)(C)C)cc1)C(=O)NC(N)=O. The number of ether oxygens (including phenoxy) is 2. The van der Waals surface area contributed by atoms with E-state index in [1.807, 2.05) is 17.4 Å². The molecule has 7 heteroatoms. The number of nitrogens with one attached hydrogen (secondary N) is 1. The molecule has 0 aliphatic heterocycles. The van der Waals surface area contributed by atoms with Gasteiger partial charge in [-0.3, -0.25) is 10.1 Å². The summed E-state index contributed by atoms with van der Waals surface area (Å²) in [4.78, 5) is 34.0. The number of rotatable bonds is 5. The minimum Gasteiger partial charge on any atom is -0.479 e. The van der Waals surface area contributed by atoms with E-state index in [-0.39, 0.29) is 5.41 Å². The van der Waals surface area contributed by atoms with Crippen LogP contribution in [0.1, 0.15) is 40.2 Å². The molecule has 1 aromatic carbocycles. The molecule has 0 heterocycles. The van der Waals surface area contributed by atoms with Crippen molar-refractivity contribution < 1.29 is 23.9 Å². The van der Waals surface area contributed by atoms with Gasteiger partial charge in [0.1, 0.15) is 5.75 Å². The van der Waals surface area contributed by atoms with Gasteiger partial charge in [-0.15, -0.1) is 0 Å². The zero-order valence-electron chi connectivity index (χ0n) is 14.6. The van der Waals surface area contributed by atoms with Gasteiger partial charge in [-0.25, -0.2) is 9.59 Å². The van der Waals surface area contributed by atoms with Crippen molar-refractivity contribution in [2.45, 2.75) is 52.2 Å². The van der Waals surface area contributed by atoms with Gasteiger partial charge < -0.3 is 15.2 Å². The Labute approximate surface area is 141 Å². The van der Waals surface area contributed by atoms with Crippen LogP contribution in [-0.2, 0) is 19.7 Å². The fourth-order valence-electron chi connectivity index (χ4n) is 1.83. The Bertz CT molecular complexity index is 604. The van der Waals surface area contributed by atoms with Crippen LogP contribution >= 0.6 is 0 Å². The number of hydrogen-bond donors (Lipinski definition) is 2. The van der Waals surface area contributed by atoms with Crippen molar-refractivity contribution in [3.05, 3.63) is 29.8 Å². The Morgan fingerprint density at radius 2 is 1.58 bits per heavy atom. The summed E-state index contributed by atoms with van der Waals surface area (Å²) in [5, 5.41) is 1.84. The zero-order valence-corrected chi connectivity index (χ0v) is 14.6. The van der Waals surface area contributed by atoms with E-state index in [2.05, 4.69) is 20.8 Å². The molecule has 0 fully saturated rings. The lowest BCUT2D eigenvalue weighted by Crippen LogP contribution is -2.43. The summed E-state index contributed by atoms with van der Waals surface area (Å²) in [6.07, 6.45) is -2.06. The van der Waals surface area contributed by atoms with Crippen LogP contribution in [0.15, 0.2) is 24.3 Å². The van der Waals surface area contributed by atoms with Gasteiger partial charge in [0.2, 0.25) is 0 Å². The van der Waals surface area contributed by atoms with Crippen LogP contribution in [0.5, 0.6) is 5.75 Å². The standard InChI is InChI=1S/C17H24N2O5/c1-10(14(20)19-16(18)22)24-15(21)11(2)23-13-8-6-12(7-9-13)17(3,4)5/h6-11H,1-5H3,(H3,18,19,20,22)/t10-,11-/m0/s1. The number of nitrogens with two attached hydrogens (primary N) is 1. The monoisotopic (exact) mass is 336 g/mol. The van der Waals surface area contributed by atoms with E-state index in [4.69, 9.17) is 15.2 Å². The van der Waals surface area contributed by atoms with E-state index in [0.29, 0.717) is 5.75 Å². The molecule has 7 nitrogen and oxygen atoms in total. The molecule has 0 aliphatic rings. The summed E-state index contributed by atoms with van der Waals surface area (Å²) in [5.41, 5.74) is 5.99. The lowest BCUT2D eigenvalue weighted by Gasteiger charge is -2.20. The summed E-state index contributed by atoms with van der Waals surface area (Å²) in [5.74, 6) is -0.999. The van der Waals surface area contributed by atoms with Crippen molar-refractivity contribution in [3.63, 3.8) is 0 Å². The molecule has 3 N–H and O–H groups in total. The van der Waals surface area contributed by atoms with E-state index < -0.39 is 30.1 Å². The fourth-order valence-corrected chi connectivity index (χ4v) is 1.83. The van der Waals surface area contributed by atoms with E-state index in [1.54, 1.807) is 12.1 Å². The second kappa shape index (κ2) is 7.81. The van der Waals surface area contributed by atoms with Crippen LogP contribution in [0.2, 0.25) is 0 Å². The summed E-state index contributed by atoms with van der Waals surface area (Å²) in [6.45, 7) is 9.14. The Kier molecular flexibility index (Phi) is 6.34. The molecule has 3 amide bonds. The number of primary amides is 1. The molecule has 0 aromatic heterocycles. The molecule has 0 unspecified atom stereocenters. The smallest absolute Gasteiger partial charge is 0.347 e. The lowest BCUT2D eigenvalue weighted by atomic mass is 9.87. The van der Waals surface area contributed by atoms with Crippen LogP contribution in [0.3, 0.4) is 0 Å². The number of hydrogen-bond acceptors (Lipinski definition) is 5. The van der Waals surface area contributed by atoms with Gasteiger partial charge in [-0.2, -0.15) is 0 Å². The third-order valence-electron chi connectivity index (χ3n) is 3.27. The first-order valence-corrected chi connectivity index (χ1v) is 7.58. The number of amides is 3. The Morgan fingerprint density at radius 1 is 1.04 bits per heavy atom. The van der Waals surface area contributed by atoms with Gasteiger partial charge in [0.05, 0.1) is 0 Å². The number of esters is 1. The quantitative estimate of drug-likeness (QED) is 0.798. The molecule has 1 aromatic rings. The largest absolute Gasteiger partial charge is 0.479 e. The van der Waals surface area contributed by atoms with Crippen LogP contribution in [0, 0.1) is 0 Å². The first-order chi connectivity index (χ1) is 11.0. The molecule has 0 aliphatic carbocycles. The molecule has 0 spiro atoms. The van der Waals surface area contributed by atoms with E-state index >= 15 is 0 Å². The molecule has 2 atom stereocenters. The van der Waals surface area contributed by atoms with Crippen LogP contribution < -0.4 is 15.8 Å². The Hall–Kier alpha value is -2.57. The zero-order chi connectivity index (χ0) is 18.5. The Morgan fingerprint density at radius 3 is 2.04 bits per heavy atom. The molecule has 24 heavy (non-hydrogen) atoms. The second-order valence-corrected chi connectivity index (χ2v) is 6.47. The minimum atomic E-state index is -1.15. The summed E-state index contributed by atoms with van der Waals surface area (Å²) in [7, 11) is 0. The van der Waals surface area contributed by atoms with Gasteiger partial charge in [0.25, 0.3) is 5.91 Å². The van der Waals surface area contributed by atoms with Gasteiger partial charge in [-0.05, 0) is 37.0 Å². The highest BCUT2D eigenvalue weighted by Crippen LogP contribution is 2.24. The topological polar surface area (TPSA) is 108 Å². The van der Waals surface area contributed by atoms with E-state index in [1.165, 1.54) is 13.8 Å². The summed E-state index contributed by atoms with van der Waals surface area (Å²) < 4.78 is 10.4. The maximum atomic E-state index is 11.9. The normalized spacial score (nSPS) is 13.5. The highest BCUT2D eigenvalue weighted by molar-refractivity contribution is 5.96. The highest BCUT2D eigenvalue weighted by atomic mass is 16.6. The molecule has 0 radical (unpaired) electrons. The average Bonchev–Trinajstić information content (AvgIpc) is 2.45.